The molecule has 0 spiro atoms. The Morgan fingerprint density at radius 2 is 1.96 bits per heavy atom. The van der Waals surface area contributed by atoms with E-state index in [2.05, 4.69) is 9.97 Å². The Bertz CT molecular complexity index is 690. The van der Waals surface area contributed by atoms with Crippen molar-refractivity contribution in [3.05, 3.63) is 48.3 Å². The van der Waals surface area contributed by atoms with Crippen LogP contribution in [0.5, 0.6) is 5.88 Å². The quantitative estimate of drug-likeness (QED) is 0.837. The van der Waals surface area contributed by atoms with Gasteiger partial charge in [-0.05, 0) is 32.0 Å². The number of hydrogen-bond donors (Lipinski definition) is 0. The van der Waals surface area contributed by atoms with Crippen molar-refractivity contribution in [3.8, 4) is 5.88 Å². The van der Waals surface area contributed by atoms with E-state index in [0.717, 1.165) is 0 Å². The summed E-state index contributed by atoms with van der Waals surface area (Å²) in [7, 11) is 0. The standard InChI is InChI=1S/C16H16F3N3O2/c1-11(2)24-14-8-5-6-12(21-14)15(23)22(10-16(17,18)19)13-7-3-4-9-20-13/h3-9,11H,10H2,1-2H3. The van der Waals surface area contributed by atoms with Crippen molar-refractivity contribution >= 4 is 11.7 Å². The predicted molar refractivity (Wildman–Crippen MR) is 82.0 cm³/mol. The number of carbonyl (C=O) groups is 1. The maximum atomic E-state index is 12.9. The first kappa shape index (κ1) is 17.7. The molecule has 2 aromatic rings. The lowest BCUT2D eigenvalue weighted by atomic mass is 10.3. The average Bonchev–Trinajstić information content (AvgIpc) is 2.51. The predicted octanol–water partition coefficient (Wildman–Crippen LogP) is 3.47. The van der Waals surface area contributed by atoms with Crippen LogP contribution in [0.25, 0.3) is 0 Å². The molecular formula is C16H16F3N3O2. The Balaban J connectivity index is 2.34. The number of ether oxygens (including phenoxy) is 1. The molecule has 8 heteroatoms. The second kappa shape index (κ2) is 7.29. The van der Waals surface area contributed by atoms with E-state index >= 15 is 0 Å². The molecule has 2 aromatic heterocycles. The maximum absolute atomic E-state index is 12.9. The summed E-state index contributed by atoms with van der Waals surface area (Å²) >= 11 is 0. The van der Waals surface area contributed by atoms with Crippen LogP contribution < -0.4 is 9.64 Å². The molecule has 0 aromatic carbocycles. The van der Waals surface area contributed by atoms with Crippen LogP contribution in [-0.4, -0.2) is 34.7 Å². The number of alkyl halides is 3. The summed E-state index contributed by atoms with van der Waals surface area (Å²) < 4.78 is 43.9. The first-order valence-corrected chi connectivity index (χ1v) is 7.19. The van der Waals surface area contributed by atoms with Gasteiger partial charge in [0.1, 0.15) is 18.1 Å². The largest absolute Gasteiger partial charge is 0.475 e. The molecule has 0 N–H and O–H groups in total. The van der Waals surface area contributed by atoms with Gasteiger partial charge in [0, 0.05) is 12.3 Å². The molecule has 0 aliphatic carbocycles. The van der Waals surface area contributed by atoms with E-state index < -0.39 is 18.6 Å². The number of pyridine rings is 2. The van der Waals surface area contributed by atoms with Gasteiger partial charge in [0.2, 0.25) is 5.88 Å². The summed E-state index contributed by atoms with van der Waals surface area (Å²) in [5.41, 5.74) is -0.150. The first-order valence-electron chi connectivity index (χ1n) is 7.19. The van der Waals surface area contributed by atoms with Gasteiger partial charge in [-0.15, -0.1) is 0 Å². The van der Waals surface area contributed by atoms with Crippen LogP contribution in [0.15, 0.2) is 42.6 Å². The van der Waals surface area contributed by atoms with E-state index in [-0.39, 0.29) is 23.5 Å². The smallest absolute Gasteiger partial charge is 0.406 e. The van der Waals surface area contributed by atoms with Crippen molar-refractivity contribution in [3.63, 3.8) is 0 Å². The Morgan fingerprint density at radius 1 is 1.21 bits per heavy atom. The molecule has 0 fully saturated rings. The minimum atomic E-state index is -4.57. The molecule has 0 bridgehead atoms. The zero-order valence-corrected chi connectivity index (χ0v) is 13.1. The lowest BCUT2D eigenvalue weighted by Gasteiger charge is -2.22. The Hall–Kier alpha value is -2.64. The zero-order chi connectivity index (χ0) is 17.7. The van der Waals surface area contributed by atoms with Gasteiger partial charge in [-0.3, -0.25) is 9.69 Å². The highest BCUT2D eigenvalue weighted by molar-refractivity contribution is 6.04. The first-order chi connectivity index (χ1) is 11.3. The Morgan fingerprint density at radius 3 is 2.54 bits per heavy atom. The minimum Gasteiger partial charge on any atom is -0.475 e. The van der Waals surface area contributed by atoms with Gasteiger partial charge in [0.25, 0.3) is 5.91 Å². The Labute approximate surface area is 137 Å². The van der Waals surface area contributed by atoms with Crippen molar-refractivity contribution in [2.24, 2.45) is 0 Å². The number of amides is 1. The highest BCUT2D eigenvalue weighted by atomic mass is 19.4. The van der Waals surface area contributed by atoms with Gasteiger partial charge >= 0.3 is 6.18 Å². The summed E-state index contributed by atoms with van der Waals surface area (Å²) in [6.45, 7) is 2.10. The number of carbonyl (C=O) groups excluding carboxylic acids is 1. The summed E-state index contributed by atoms with van der Waals surface area (Å²) in [6, 6.07) is 8.76. The number of halogens is 3. The van der Waals surface area contributed by atoms with Crippen LogP contribution in [0.2, 0.25) is 0 Å². The lowest BCUT2D eigenvalue weighted by Crippen LogP contribution is -2.40. The SMILES string of the molecule is CC(C)Oc1cccc(C(=O)N(CC(F)(F)F)c2ccccn2)n1. The zero-order valence-electron chi connectivity index (χ0n) is 13.1. The summed E-state index contributed by atoms with van der Waals surface area (Å²) in [5, 5.41) is 0. The van der Waals surface area contributed by atoms with Gasteiger partial charge < -0.3 is 4.74 Å². The molecule has 5 nitrogen and oxygen atoms in total. The van der Waals surface area contributed by atoms with Gasteiger partial charge in [0.05, 0.1) is 6.10 Å². The van der Waals surface area contributed by atoms with Crippen LogP contribution in [-0.2, 0) is 0 Å². The highest BCUT2D eigenvalue weighted by Gasteiger charge is 2.35. The Kier molecular flexibility index (Phi) is 5.38. The molecule has 0 unspecified atom stereocenters. The van der Waals surface area contributed by atoms with Crippen LogP contribution in [0.1, 0.15) is 24.3 Å². The molecule has 128 valence electrons. The monoisotopic (exact) mass is 339 g/mol. The summed E-state index contributed by atoms with van der Waals surface area (Å²) in [4.78, 5) is 20.9. The average molecular weight is 339 g/mol. The molecular weight excluding hydrogens is 323 g/mol. The topological polar surface area (TPSA) is 55.3 Å². The van der Waals surface area contributed by atoms with E-state index in [4.69, 9.17) is 4.74 Å². The fourth-order valence-electron chi connectivity index (χ4n) is 1.93. The van der Waals surface area contributed by atoms with Crippen LogP contribution >= 0.6 is 0 Å². The van der Waals surface area contributed by atoms with E-state index in [1.807, 2.05) is 0 Å². The number of anilines is 1. The molecule has 0 aliphatic heterocycles. The van der Waals surface area contributed by atoms with Gasteiger partial charge in [-0.1, -0.05) is 12.1 Å². The molecule has 0 saturated carbocycles. The highest BCUT2D eigenvalue weighted by Crippen LogP contribution is 2.22. The second-order valence-corrected chi connectivity index (χ2v) is 5.22. The molecule has 0 atom stereocenters. The number of nitrogens with zero attached hydrogens (tertiary/aromatic N) is 3. The van der Waals surface area contributed by atoms with E-state index in [9.17, 15) is 18.0 Å². The second-order valence-electron chi connectivity index (χ2n) is 5.22. The van der Waals surface area contributed by atoms with E-state index in [1.54, 1.807) is 19.9 Å². The van der Waals surface area contributed by atoms with E-state index in [0.29, 0.717) is 4.90 Å². The minimum absolute atomic E-state index is 0.100. The van der Waals surface area contributed by atoms with Crippen molar-refractivity contribution in [2.75, 3.05) is 11.4 Å². The van der Waals surface area contributed by atoms with Crippen molar-refractivity contribution < 1.29 is 22.7 Å². The molecule has 24 heavy (non-hydrogen) atoms. The summed E-state index contributed by atoms with van der Waals surface area (Å²) in [5.74, 6) is -0.833. The van der Waals surface area contributed by atoms with Crippen LogP contribution in [0.4, 0.5) is 19.0 Å². The fraction of sp³-hybridized carbons (Fsp3) is 0.312. The number of hydrogen-bond acceptors (Lipinski definition) is 4. The molecule has 2 rings (SSSR count). The van der Waals surface area contributed by atoms with Crippen molar-refractivity contribution in [2.45, 2.75) is 26.1 Å². The fourth-order valence-corrected chi connectivity index (χ4v) is 1.93. The molecule has 1 amide bonds. The normalized spacial score (nSPS) is 11.4. The third kappa shape index (κ3) is 4.94. The molecule has 2 heterocycles. The van der Waals surface area contributed by atoms with Crippen molar-refractivity contribution in [1.29, 1.82) is 0 Å². The molecule has 0 saturated heterocycles. The van der Waals surface area contributed by atoms with Crippen LogP contribution in [0.3, 0.4) is 0 Å². The summed E-state index contributed by atoms with van der Waals surface area (Å²) in [6.07, 6.45) is -3.43. The third-order valence-corrected chi connectivity index (χ3v) is 2.81. The molecule has 0 radical (unpaired) electrons. The third-order valence-electron chi connectivity index (χ3n) is 2.81. The van der Waals surface area contributed by atoms with Gasteiger partial charge in [0.15, 0.2) is 0 Å². The van der Waals surface area contributed by atoms with Crippen molar-refractivity contribution in [1.82, 2.24) is 9.97 Å². The lowest BCUT2D eigenvalue weighted by molar-refractivity contribution is -0.118. The number of rotatable bonds is 5. The maximum Gasteiger partial charge on any atom is 0.406 e. The van der Waals surface area contributed by atoms with Gasteiger partial charge in [-0.2, -0.15) is 13.2 Å². The van der Waals surface area contributed by atoms with E-state index in [1.165, 1.54) is 36.5 Å². The number of aromatic nitrogens is 2. The van der Waals surface area contributed by atoms with Crippen LogP contribution in [0, 0.1) is 0 Å². The van der Waals surface area contributed by atoms with Gasteiger partial charge in [-0.25, -0.2) is 9.97 Å². The molecule has 0 aliphatic rings.